The zero-order chi connectivity index (χ0) is 17.4. The monoisotopic (exact) mass is 330 g/mol. The van der Waals surface area contributed by atoms with Crippen LogP contribution in [-0.4, -0.2) is 31.5 Å². The Morgan fingerprint density at radius 2 is 2.21 bits per heavy atom. The Hall–Kier alpha value is -3.30. The maximum atomic E-state index is 12.2. The number of fused-ring (bicyclic) bond motifs is 1. The van der Waals surface area contributed by atoms with Crippen molar-refractivity contribution >= 4 is 29.1 Å². The highest BCUT2D eigenvalue weighted by atomic mass is 16.6. The summed E-state index contributed by atoms with van der Waals surface area (Å²) in [4.78, 5) is 38.5. The van der Waals surface area contributed by atoms with E-state index in [0.717, 1.165) is 0 Å². The van der Waals surface area contributed by atoms with Crippen LogP contribution in [0.25, 0.3) is 0 Å². The summed E-state index contributed by atoms with van der Waals surface area (Å²) in [5, 5.41) is 20.1. The minimum atomic E-state index is -0.790. The molecule has 0 aliphatic carbocycles. The molecule has 0 fully saturated rings. The van der Waals surface area contributed by atoms with Crippen molar-refractivity contribution in [3.8, 4) is 0 Å². The lowest BCUT2D eigenvalue weighted by Crippen LogP contribution is -2.23. The number of hydrogen-bond acceptors (Lipinski definition) is 6. The van der Waals surface area contributed by atoms with Crippen LogP contribution < -0.4 is 10.6 Å². The molecular formula is C14H14N6O4. The van der Waals surface area contributed by atoms with Crippen molar-refractivity contribution in [3.05, 3.63) is 39.7 Å². The molecule has 24 heavy (non-hydrogen) atoms. The van der Waals surface area contributed by atoms with Gasteiger partial charge in [-0.25, -0.2) is 4.68 Å². The number of aromatic nitrogens is 3. The molecule has 10 heteroatoms. The zero-order valence-electron chi connectivity index (χ0n) is 12.9. The largest absolute Gasteiger partial charge is 0.326 e. The third-order valence-corrected chi connectivity index (χ3v) is 3.64. The van der Waals surface area contributed by atoms with E-state index in [1.165, 1.54) is 10.7 Å². The Kier molecular flexibility index (Phi) is 3.72. The molecule has 2 N–H and O–H groups in total. The molecule has 0 spiro atoms. The molecule has 1 aromatic heterocycles. The van der Waals surface area contributed by atoms with Gasteiger partial charge in [-0.15, -0.1) is 0 Å². The average molecular weight is 330 g/mol. The number of amides is 2. The number of nitrogens with one attached hydrogen (secondary N) is 2. The topological polar surface area (TPSA) is 132 Å². The van der Waals surface area contributed by atoms with E-state index in [0.29, 0.717) is 23.0 Å². The lowest BCUT2D eigenvalue weighted by Gasteiger charge is -2.10. The van der Waals surface area contributed by atoms with Crippen molar-refractivity contribution in [2.24, 2.45) is 0 Å². The quantitative estimate of drug-likeness (QED) is 0.642. The van der Waals surface area contributed by atoms with E-state index in [-0.39, 0.29) is 18.0 Å². The van der Waals surface area contributed by atoms with E-state index < -0.39 is 16.9 Å². The predicted molar refractivity (Wildman–Crippen MR) is 83.5 cm³/mol. The summed E-state index contributed by atoms with van der Waals surface area (Å²) < 4.78 is 1.37. The normalized spacial score (nSPS) is 15.8. The standard InChI is InChI=1S/C14H14N6O4/c1-7-3-4-9(5-10(7)20(23)24)16-12(21)6-11-13(22)17-14-15-8(2)18-19(11)14/h3-5,11H,6H2,1-2H3,(H,16,21)(H,15,17,18,22)/t11-/m1/s1. The van der Waals surface area contributed by atoms with Gasteiger partial charge < -0.3 is 5.32 Å². The second kappa shape index (κ2) is 5.72. The highest BCUT2D eigenvalue weighted by molar-refractivity contribution is 6.01. The van der Waals surface area contributed by atoms with Gasteiger partial charge in [-0.05, 0) is 19.9 Å². The Labute approximate surface area is 136 Å². The Bertz CT molecular complexity index is 859. The lowest BCUT2D eigenvalue weighted by atomic mass is 10.1. The number of nitro benzene ring substituents is 1. The molecule has 2 aromatic rings. The summed E-state index contributed by atoms with van der Waals surface area (Å²) in [7, 11) is 0. The van der Waals surface area contributed by atoms with E-state index in [1.807, 2.05) is 0 Å². The fourth-order valence-corrected chi connectivity index (χ4v) is 2.49. The van der Waals surface area contributed by atoms with Crippen molar-refractivity contribution in [2.45, 2.75) is 26.3 Å². The first-order valence-corrected chi connectivity index (χ1v) is 7.14. The van der Waals surface area contributed by atoms with E-state index >= 15 is 0 Å². The lowest BCUT2D eigenvalue weighted by molar-refractivity contribution is -0.385. The molecule has 1 aliphatic rings. The van der Waals surface area contributed by atoms with Crippen molar-refractivity contribution in [2.75, 3.05) is 10.6 Å². The second-order valence-electron chi connectivity index (χ2n) is 5.44. The zero-order valence-corrected chi connectivity index (χ0v) is 12.9. The van der Waals surface area contributed by atoms with Crippen LogP contribution in [0.1, 0.15) is 23.9 Å². The molecule has 2 amide bonds. The molecule has 1 aliphatic heterocycles. The van der Waals surface area contributed by atoms with Crippen molar-refractivity contribution in [1.82, 2.24) is 14.8 Å². The van der Waals surface area contributed by atoms with E-state index in [2.05, 4.69) is 20.7 Å². The maximum absolute atomic E-state index is 12.2. The average Bonchev–Trinajstić information content (AvgIpc) is 2.98. The van der Waals surface area contributed by atoms with Gasteiger partial charge in [0, 0.05) is 17.3 Å². The van der Waals surface area contributed by atoms with Crippen LogP contribution in [0.3, 0.4) is 0 Å². The van der Waals surface area contributed by atoms with Gasteiger partial charge in [0.25, 0.3) is 11.6 Å². The summed E-state index contributed by atoms with van der Waals surface area (Å²) in [5.41, 5.74) is 0.710. The molecule has 1 atom stereocenters. The molecule has 124 valence electrons. The first-order valence-electron chi connectivity index (χ1n) is 7.14. The third kappa shape index (κ3) is 2.81. The number of carbonyl (C=O) groups is 2. The van der Waals surface area contributed by atoms with Crippen LogP contribution in [0.5, 0.6) is 0 Å². The van der Waals surface area contributed by atoms with E-state index in [1.54, 1.807) is 26.0 Å². The molecule has 2 heterocycles. The van der Waals surface area contributed by atoms with E-state index in [9.17, 15) is 19.7 Å². The van der Waals surface area contributed by atoms with Gasteiger partial charge >= 0.3 is 0 Å². The predicted octanol–water partition coefficient (Wildman–Crippen LogP) is 1.33. The van der Waals surface area contributed by atoms with E-state index in [4.69, 9.17) is 0 Å². The molecule has 1 aromatic carbocycles. The highest BCUT2D eigenvalue weighted by Crippen LogP contribution is 2.26. The van der Waals surface area contributed by atoms with Gasteiger partial charge in [-0.3, -0.25) is 25.0 Å². The summed E-state index contributed by atoms with van der Waals surface area (Å²) in [6.45, 7) is 3.29. The number of nitro groups is 1. The highest BCUT2D eigenvalue weighted by Gasteiger charge is 2.34. The van der Waals surface area contributed by atoms with Crippen molar-refractivity contribution in [1.29, 1.82) is 0 Å². The van der Waals surface area contributed by atoms with Gasteiger partial charge in [0.05, 0.1) is 11.3 Å². The molecule has 10 nitrogen and oxygen atoms in total. The molecule has 0 saturated carbocycles. The number of anilines is 2. The molecule has 0 radical (unpaired) electrons. The summed E-state index contributed by atoms with van der Waals surface area (Å²) >= 11 is 0. The second-order valence-corrected chi connectivity index (χ2v) is 5.44. The van der Waals surface area contributed by atoms with Crippen LogP contribution in [0.2, 0.25) is 0 Å². The van der Waals surface area contributed by atoms with Crippen LogP contribution >= 0.6 is 0 Å². The number of rotatable bonds is 4. The molecule has 3 rings (SSSR count). The fourth-order valence-electron chi connectivity index (χ4n) is 2.49. The van der Waals surface area contributed by atoms with Crippen LogP contribution in [0.4, 0.5) is 17.3 Å². The van der Waals surface area contributed by atoms with Gasteiger partial charge in [0.15, 0.2) is 0 Å². The Morgan fingerprint density at radius 3 is 2.92 bits per heavy atom. The van der Waals surface area contributed by atoms with Crippen LogP contribution in [0.15, 0.2) is 18.2 Å². The molecular weight excluding hydrogens is 316 g/mol. The van der Waals surface area contributed by atoms with Gasteiger partial charge in [-0.1, -0.05) is 6.07 Å². The molecule has 0 saturated heterocycles. The number of hydrogen-bond donors (Lipinski definition) is 2. The van der Waals surface area contributed by atoms with Crippen molar-refractivity contribution < 1.29 is 14.5 Å². The first kappa shape index (κ1) is 15.6. The third-order valence-electron chi connectivity index (χ3n) is 3.64. The SMILES string of the molecule is Cc1nc2n(n1)[C@H](CC(=O)Nc1ccc(C)c([N+](=O)[O-])c1)C(=O)N2. The minimum Gasteiger partial charge on any atom is -0.326 e. The minimum absolute atomic E-state index is 0.0828. The fraction of sp³-hybridized carbons (Fsp3) is 0.286. The van der Waals surface area contributed by atoms with Gasteiger partial charge in [0.2, 0.25) is 11.9 Å². The summed E-state index contributed by atoms with van der Waals surface area (Å²) in [6.07, 6.45) is -0.149. The molecule has 0 bridgehead atoms. The van der Waals surface area contributed by atoms with Gasteiger partial charge in [0.1, 0.15) is 11.9 Å². The Morgan fingerprint density at radius 1 is 1.46 bits per heavy atom. The summed E-state index contributed by atoms with van der Waals surface area (Å²) in [5.74, 6) is -0.0183. The number of benzene rings is 1. The number of nitrogens with zero attached hydrogens (tertiary/aromatic N) is 4. The van der Waals surface area contributed by atoms with Gasteiger partial charge in [-0.2, -0.15) is 10.1 Å². The first-order chi connectivity index (χ1) is 11.3. The number of carbonyl (C=O) groups excluding carboxylic acids is 2. The smallest absolute Gasteiger partial charge is 0.274 e. The van der Waals surface area contributed by atoms with Crippen LogP contribution in [-0.2, 0) is 9.59 Å². The van der Waals surface area contributed by atoms with Crippen molar-refractivity contribution in [3.63, 3.8) is 0 Å². The number of aryl methyl sites for hydroxylation is 2. The maximum Gasteiger partial charge on any atom is 0.274 e. The molecule has 0 unspecified atom stereocenters. The van der Waals surface area contributed by atoms with Crippen LogP contribution in [0, 0.1) is 24.0 Å². The Balaban J connectivity index is 1.73. The summed E-state index contributed by atoms with van der Waals surface area (Å²) in [6, 6.07) is 3.61.